The summed E-state index contributed by atoms with van der Waals surface area (Å²) < 4.78 is 32.2. The van der Waals surface area contributed by atoms with Gasteiger partial charge in [0.1, 0.15) is 0 Å². The van der Waals surface area contributed by atoms with E-state index in [1.54, 1.807) is 12.1 Å². The molecule has 0 bridgehead atoms. The van der Waals surface area contributed by atoms with Crippen molar-refractivity contribution in [2.45, 2.75) is 11.0 Å². The second kappa shape index (κ2) is 6.19. The number of hydrogen-bond donors (Lipinski definition) is 1. The topological polar surface area (TPSA) is 58.6 Å². The Bertz CT molecular complexity index is 518. The molecule has 0 radical (unpaired) electrons. The number of rotatable bonds is 4. The third-order valence-corrected chi connectivity index (χ3v) is 4.66. The summed E-state index contributed by atoms with van der Waals surface area (Å²) in [7, 11) is -1.51. The molecule has 106 valence electrons. The summed E-state index contributed by atoms with van der Waals surface area (Å²) in [6.45, 7) is 2.50. The predicted octanol–water partition coefficient (Wildman–Crippen LogP) is 0.949. The molecule has 1 saturated heterocycles. The van der Waals surface area contributed by atoms with E-state index >= 15 is 0 Å². The van der Waals surface area contributed by atoms with Crippen LogP contribution in [0, 0.1) is 0 Å². The maximum atomic E-state index is 12.0. The molecule has 19 heavy (non-hydrogen) atoms. The molecule has 0 amide bonds. The summed E-state index contributed by atoms with van der Waals surface area (Å²) in [6, 6.07) is 6.08. The molecule has 1 aromatic carbocycles. The Labute approximate surface area is 118 Å². The highest BCUT2D eigenvalue weighted by Gasteiger charge is 2.21. The largest absolute Gasteiger partial charge is 0.374 e. The molecular formula is C12H17ClN2O3S. The van der Waals surface area contributed by atoms with Gasteiger partial charge in [0.25, 0.3) is 0 Å². The molecule has 0 saturated carbocycles. The van der Waals surface area contributed by atoms with Crippen molar-refractivity contribution in [3.05, 3.63) is 29.3 Å². The van der Waals surface area contributed by atoms with Gasteiger partial charge in [0.05, 0.1) is 17.6 Å². The van der Waals surface area contributed by atoms with Crippen molar-refractivity contribution in [2.75, 3.05) is 33.3 Å². The zero-order chi connectivity index (χ0) is 13.9. The van der Waals surface area contributed by atoms with E-state index in [0.29, 0.717) is 11.6 Å². The summed E-state index contributed by atoms with van der Waals surface area (Å²) in [5.74, 6) is 0. The number of ether oxygens (including phenoxy) is 1. The Morgan fingerprint density at radius 1 is 1.42 bits per heavy atom. The average molecular weight is 305 g/mol. The first kappa shape index (κ1) is 14.7. The Kier molecular flexibility index (Phi) is 4.81. The molecule has 1 N–H and O–H groups in total. The SMILES string of the molecule is CN1CCOC(CNS(=O)(=O)c2ccc(Cl)cc2)C1. The molecule has 1 aliphatic heterocycles. The standard InChI is InChI=1S/C12H17ClN2O3S/c1-15-6-7-18-11(9-15)8-14-19(16,17)12-4-2-10(13)3-5-12/h2-5,11,14H,6-9H2,1H3. The number of morpholine rings is 1. The van der Waals surface area contributed by atoms with Crippen LogP contribution in [0.3, 0.4) is 0 Å². The van der Waals surface area contributed by atoms with Crippen molar-refractivity contribution in [1.82, 2.24) is 9.62 Å². The number of benzene rings is 1. The second-order valence-electron chi connectivity index (χ2n) is 4.56. The smallest absolute Gasteiger partial charge is 0.240 e. The van der Waals surface area contributed by atoms with Crippen LogP contribution < -0.4 is 4.72 Å². The van der Waals surface area contributed by atoms with Crippen molar-refractivity contribution < 1.29 is 13.2 Å². The van der Waals surface area contributed by atoms with Crippen molar-refractivity contribution in [3.63, 3.8) is 0 Å². The minimum atomic E-state index is -3.50. The van der Waals surface area contributed by atoms with Crippen LogP contribution in [0.25, 0.3) is 0 Å². The number of nitrogens with one attached hydrogen (secondary N) is 1. The molecule has 1 aliphatic rings. The van der Waals surface area contributed by atoms with Crippen molar-refractivity contribution >= 4 is 21.6 Å². The Hall–Kier alpha value is -0.660. The fraction of sp³-hybridized carbons (Fsp3) is 0.500. The lowest BCUT2D eigenvalue weighted by Gasteiger charge is -2.30. The van der Waals surface area contributed by atoms with Gasteiger partial charge in [0.2, 0.25) is 10.0 Å². The van der Waals surface area contributed by atoms with Gasteiger partial charge in [-0.25, -0.2) is 13.1 Å². The molecule has 1 atom stereocenters. The molecule has 0 aliphatic carbocycles. The molecule has 1 heterocycles. The molecule has 5 nitrogen and oxygen atoms in total. The van der Waals surface area contributed by atoms with Crippen LogP contribution >= 0.6 is 11.6 Å². The van der Waals surface area contributed by atoms with E-state index in [2.05, 4.69) is 9.62 Å². The van der Waals surface area contributed by atoms with Gasteiger partial charge in [-0.15, -0.1) is 0 Å². The van der Waals surface area contributed by atoms with E-state index in [0.717, 1.165) is 13.1 Å². The first-order valence-corrected chi connectivity index (χ1v) is 7.89. The molecule has 7 heteroatoms. The highest BCUT2D eigenvalue weighted by molar-refractivity contribution is 7.89. The van der Waals surface area contributed by atoms with Gasteiger partial charge < -0.3 is 9.64 Å². The lowest BCUT2D eigenvalue weighted by molar-refractivity contribution is -0.0156. The van der Waals surface area contributed by atoms with Crippen LogP contribution in [0.1, 0.15) is 0 Å². The quantitative estimate of drug-likeness (QED) is 0.900. The summed E-state index contributed by atoms with van der Waals surface area (Å²) in [4.78, 5) is 2.33. The van der Waals surface area contributed by atoms with E-state index < -0.39 is 10.0 Å². The lowest BCUT2D eigenvalue weighted by Crippen LogP contribution is -2.45. The molecule has 1 aromatic rings. The summed E-state index contributed by atoms with van der Waals surface area (Å²) in [6.07, 6.45) is -0.110. The Morgan fingerprint density at radius 3 is 2.74 bits per heavy atom. The lowest BCUT2D eigenvalue weighted by atomic mass is 10.3. The van der Waals surface area contributed by atoms with Gasteiger partial charge >= 0.3 is 0 Å². The van der Waals surface area contributed by atoms with Crippen LogP contribution in [0.5, 0.6) is 0 Å². The van der Waals surface area contributed by atoms with Crippen LogP contribution in [-0.2, 0) is 14.8 Å². The van der Waals surface area contributed by atoms with Crippen LogP contribution in [0.4, 0.5) is 0 Å². The fourth-order valence-electron chi connectivity index (χ4n) is 1.89. The Balaban J connectivity index is 1.96. The van der Waals surface area contributed by atoms with Crippen LogP contribution in [-0.4, -0.2) is 52.7 Å². The van der Waals surface area contributed by atoms with E-state index in [9.17, 15) is 8.42 Å². The van der Waals surface area contributed by atoms with E-state index in [1.165, 1.54) is 12.1 Å². The summed E-state index contributed by atoms with van der Waals surface area (Å²) in [5, 5.41) is 0.510. The molecule has 1 unspecified atom stereocenters. The van der Waals surface area contributed by atoms with Crippen molar-refractivity contribution in [3.8, 4) is 0 Å². The number of sulfonamides is 1. The minimum absolute atomic E-state index is 0.110. The van der Waals surface area contributed by atoms with Crippen LogP contribution in [0.15, 0.2) is 29.2 Å². The third kappa shape index (κ3) is 4.15. The van der Waals surface area contributed by atoms with Gasteiger partial charge in [-0.05, 0) is 31.3 Å². The monoisotopic (exact) mass is 304 g/mol. The van der Waals surface area contributed by atoms with E-state index in [-0.39, 0.29) is 17.5 Å². The number of nitrogens with zero attached hydrogens (tertiary/aromatic N) is 1. The molecular weight excluding hydrogens is 288 g/mol. The maximum absolute atomic E-state index is 12.0. The van der Waals surface area contributed by atoms with E-state index in [1.807, 2.05) is 7.05 Å². The van der Waals surface area contributed by atoms with Crippen molar-refractivity contribution in [2.24, 2.45) is 0 Å². The summed E-state index contributed by atoms with van der Waals surface area (Å²) >= 11 is 5.74. The van der Waals surface area contributed by atoms with Crippen molar-refractivity contribution in [1.29, 1.82) is 0 Å². The zero-order valence-corrected chi connectivity index (χ0v) is 12.2. The minimum Gasteiger partial charge on any atom is -0.374 e. The third-order valence-electron chi connectivity index (χ3n) is 2.97. The number of likely N-dealkylation sites (N-methyl/N-ethyl adjacent to an activating group) is 1. The normalized spacial score (nSPS) is 21.5. The molecule has 0 aromatic heterocycles. The average Bonchev–Trinajstić information content (AvgIpc) is 2.37. The van der Waals surface area contributed by atoms with Gasteiger partial charge in [0.15, 0.2) is 0 Å². The summed E-state index contributed by atoms with van der Waals surface area (Å²) in [5.41, 5.74) is 0. The molecule has 1 fully saturated rings. The molecule has 2 rings (SSSR count). The Morgan fingerprint density at radius 2 is 2.11 bits per heavy atom. The first-order valence-electron chi connectivity index (χ1n) is 6.03. The number of hydrogen-bond acceptors (Lipinski definition) is 4. The van der Waals surface area contributed by atoms with Gasteiger partial charge in [-0.2, -0.15) is 0 Å². The highest BCUT2D eigenvalue weighted by atomic mass is 35.5. The number of halogens is 1. The van der Waals surface area contributed by atoms with Gasteiger partial charge in [-0.3, -0.25) is 0 Å². The second-order valence-corrected chi connectivity index (χ2v) is 6.76. The van der Waals surface area contributed by atoms with E-state index in [4.69, 9.17) is 16.3 Å². The maximum Gasteiger partial charge on any atom is 0.240 e. The zero-order valence-electron chi connectivity index (χ0n) is 10.7. The highest BCUT2D eigenvalue weighted by Crippen LogP contribution is 2.14. The first-order chi connectivity index (χ1) is 8.97. The van der Waals surface area contributed by atoms with Gasteiger partial charge in [0, 0.05) is 24.7 Å². The predicted molar refractivity (Wildman–Crippen MR) is 73.9 cm³/mol. The van der Waals surface area contributed by atoms with Crippen LogP contribution in [0.2, 0.25) is 5.02 Å². The fourth-order valence-corrected chi connectivity index (χ4v) is 3.08. The van der Waals surface area contributed by atoms with Gasteiger partial charge in [-0.1, -0.05) is 11.6 Å². The molecule has 0 spiro atoms.